The number of aromatic nitrogens is 1. The van der Waals surface area contributed by atoms with E-state index in [1.54, 1.807) is 0 Å². The molecule has 2 rings (SSSR count). The van der Waals surface area contributed by atoms with Crippen LogP contribution in [0.2, 0.25) is 0 Å². The molecule has 1 aliphatic heterocycles. The van der Waals surface area contributed by atoms with Crippen molar-refractivity contribution in [2.24, 2.45) is 0 Å². The molecule has 0 bridgehead atoms. The highest BCUT2D eigenvalue weighted by atomic mass is 19.4. The molecule has 0 aromatic carbocycles. The fraction of sp³-hybridized carbons (Fsp3) is 0.583. The van der Waals surface area contributed by atoms with Crippen LogP contribution in [0.15, 0.2) is 12.1 Å². The minimum atomic E-state index is -4.84. The van der Waals surface area contributed by atoms with Gasteiger partial charge in [0, 0.05) is 0 Å². The number of pyridine rings is 1. The second-order valence-corrected chi connectivity index (χ2v) is 4.63. The van der Waals surface area contributed by atoms with Crippen molar-refractivity contribution in [3.63, 3.8) is 0 Å². The van der Waals surface area contributed by atoms with Crippen LogP contribution in [0.3, 0.4) is 0 Å². The van der Waals surface area contributed by atoms with Crippen LogP contribution in [0.1, 0.15) is 35.9 Å². The molecule has 0 spiro atoms. The lowest BCUT2D eigenvalue weighted by Crippen LogP contribution is -2.19. The molecule has 9 heteroatoms. The lowest BCUT2D eigenvalue weighted by molar-refractivity contribution is -0.146. The summed E-state index contributed by atoms with van der Waals surface area (Å²) in [5.74, 6) is 0. The monoisotopic (exact) mass is 315 g/mol. The molecule has 1 aromatic rings. The molecule has 2 heterocycles. The zero-order chi connectivity index (χ0) is 15.8. The summed E-state index contributed by atoms with van der Waals surface area (Å²) in [4.78, 5) is 3.11. The summed E-state index contributed by atoms with van der Waals surface area (Å²) >= 11 is 0. The number of rotatable bonds is 2. The highest BCUT2D eigenvalue weighted by Gasteiger charge is 2.41. The van der Waals surface area contributed by atoms with E-state index in [1.807, 2.05) is 0 Å². The second-order valence-electron chi connectivity index (χ2n) is 4.63. The highest BCUT2D eigenvalue weighted by Crippen LogP contribution is 2.41. The van der Waals surface area contributed by atoms with Gasteiger partial charge in [0.2, 0.25) is 0 Å². The van der Waals surface area contributed by atoms with Crippen molar-refractivity contribution in [3.8, 4) is 0 Å². The minimum Gasteiger partial charge on any atom is -0.394 e. The predicted molar refractivity (Wildman–Crippen MR) is 58.2 cm³/mol. The van der Waals surface area contributed by atoms with E-state index < -0.39 is 48.1 Å². The maximum Gasteiger partial charge on any atom is 0.433 e. The summed E-state index contributed by atoms with van der Waals surface area (Å²) in [7, 11) is 0. The van der Waals surface area contributed by atoms with Crippen molar-refractivity contribution in [2.45, 2.75) is 37.4 Å². The van der Waals surface area contributed by atoms with E-state index in [1.165, 1.54) is 0 Å². The van der Waals surface area contributed by atoms with Crippen molar-refractivity contribution in [1.29, 1.82) is 0 Å². The number of ether oxygens (including phenoxy) is 1. The third-order valence-electron chi connectivity index (χ3n) is 3.14. The Kier molecular flexibility index (Phi) is 4.16. The molecule has 1 saturated heterocycles. The molecule has 0 aliphatic carbocycles. The van der Waals surface area contributed by atoms with Gasteiger partial charge in [0.15, 0.2) is 0 Å². The first kappa shape index (κ1) is 16.0. The molecule has 0 saturated carbocycles. The summed E-state index contributed by atoms with van der Waals surface area (Å²) in [6, 6.07) is 0.658. The fourth-order valence-electron chi connectivity index (χ4n) is 2.16. The number of hydrogen-bond acceptors (Lipinski definition) is 3. The topological polar surface area (TPSA) is 42.4 Å². The Labute approximate surface area is 115 Å². The third kappa shape index (κ3) is 3.46. The average Bonchev–Trinajstić information content (AvgIpc) is 2.84. The van der Waals surface area contributed by atoms with Crippen LogP contribution in [0.25, 0.3) is 0 Å². The zero-order valence-corrected chi connectivity index (χ0v) is 10.5. The van der Waals surface area contributed by atoms with Gasteiger partial charge in [-0.2, -0.15) is 26.3 Å². The fourth-order valence-corrected chi connectivity index (χ4v) is 2.16. The number of aliphatic hydroxyl groups is 1. The van der Waals surface area contributed by atoms with Gasteiger partial charge < -0.3 is 9.84 Å². The van der Waals surface area contributed by atoms with Gasteiger partial charge in [-0.25, -0.2) is 4.98 Å². The van der Waals surface area contributed by atoms with Crippen LogP contribution in [-0.4, -0.2) is 22.8 Å². The molecule has 118 valence electrons. The van der Waals surface area contributed by atoms with Gasteiger partial charge in [0.1, 0.15) is 11.8 Å². The Morgan fingerprint density at radius 2 is 1.76 bits per heavy atom. The Bertz CT molecular complexity index is 513. The molecule has 0 radical (unpaired) electrons. The zero-order valence-electron chi connectivity index (χ0n) is 10.5. The third-order valence-corrected chi connectivity index (χ3v) is 3.14. The largest absolute Gasteiger partial charge is 0.433 e. The van der Waals surface area contributed by atoms with Crippen LogP contribution in [-0.2, 0) is 17.1 Å². The summed E-state index contributed by atoms with van der Waals surface area (Å²) in [5.41, 5.74) is -3.44. The SMILES string of the molecule is OC[C@@H]1CC[C@H](c2nc(C(F)(F)F)ccc2C(F)(F)F)O1. The van der Waals surface area contributed by atoms with Crippen molar-refractivity contribution in [2.75, 3.05) is 6.61 Å². The normalized spacial score (nSPS) is 23.6. The van der Waals surface area contributed by atoms with Gasteiger partial charge in [0.25, 0.3) is 0 Å². The second kappa shape index (κ2) is 5.45. The summed E-state index contributed by atoms with van der Waals surface area (Å²) in [5, 5.41) is 8.90. The molecule has 1 N–H and O–H groups in total. The van der Waals surface area contributed by atoms with Gasteiger partial charge in [-0.3, -0.25) is 0 Å². The highest BCUT2D eigenvalue weighted by molar-refractivity contribution is 5.29. The number of alkyl halides is 6. The first-order valence-corrected chi connectivity index (χ1v) is 6.04. The first-order chi connectivity index (χ1) is 9.63. The number of aliphatic hydroxyl groups excluding tert-OH is 1. The molecular weight excluding hydrogens is 304 g/mol. The molecule has 1 aliphatic rings. The Morgan fingerprint density at radius 1 is 1.10 bits per heavy atom. The van der Waals surface area contributed by atoms with Crippen molar-refractivity contribution >= 4 is 0 Å². The summed E-state index contributed by atoms with van der Waals surface area (Å²) in [6.45, 7) is -0.406. The molecule has 2 atom stereocenters. The van der Waals surface area contributed by atoms with Gasteiger partial charge in [0.05, 0.1) is 24.0 Å². The van der Waals surface area contributed by atoms with Crippen LogP contribution >= 0.6 is 0 Å². The number of hydrogen-bond donors (Lipinski definition) is 1. The molecule has 0 unspecified atom stereocenters. The Balaban J connectivity index is 2.44. The maximum absolute atomic E-state index is 12.9. The summed E-state index contributed by atoms with van der Waals surface area (Å²) in [6.07, 6.45) is -11.2. The number of halogens is 6. The van der Waals surface area contributed by atoms with Crippen molar-refractivity contribution in [3.05, 3.63) is 29.1 Å². The van der Waals surface area contributed by atoms with E-state index in [0.29, 0.717) is 12.1 Å². The van der Waals surface area contributed by atoms with E-state index in [9.17, 15) is 26.3 Å². The van der Waals surface area contributed by atoms with Crippen LogP contribution in [0.5, 0.6) is 0 Å². The van der Waals surface area contributed by atoms with E-state index >= 15 is 0 Å². The standard InChI is InChI=1S/C12H11F6NO2/c13-11(14,15)7-2-4-9(12(16,17)18)19-10(7)8-3-1-6(5-20)21-8/h2,4,6,8,20H,1,3,5H2/t6-,8+/m0/s1. The first-order valence-electron chi connectivity index (χ1n) is 6.04. The number of nitrogens with zero attached hydrogens (tertiary/aromatic N) is 1. The molecular formula is C12H11F6NO2. The van der Waals surface area contributed by atoms with Crippen LogP contribution in [0, 0.1) is 0 Å². The van der Waals surface area contributed by atoms with E-state index in [-0.39, 0.29) is 12.8 Å². The van der Waals surface area contributed by atoms with Crippen LogP contribution < -0.4 is 0 Å². The van der Waals surface area contributed by atoms with Gasteiger partial charge in [-0.1, -0.05) is 0 Å². The quantitative estimate of drug-likeness (QED) is 0.851. The minimum absolute atomic E-state index is 0.0720. The van der Waals surface area contributed by atoms with Crippen LogP contribution in [0.4, 0.5) is 26.3 Å². The lowest BCUT2D eigenvalue weighted by Gasteiger charge is -2.19. The molecule has 0 amide bonds. The Hall–Kier alpha value is -1.35. The van der Waals surface area contributed by atoms with E-state index in [4.69, 9.17) is 9.84 Å². The van der Waals surface area contributed by atoms with Gasteiger partial charge in [-0.05, 0) is 25.0 Å². The van der Waals surface area contributed by atoms with E-state index in [0.717, 1.165) is 0 Å². The molecule has 1 aromatic heterocycles. The summed E-state index contributed by atoms with van der Waals surface area (Å²) < 4.78 is 81.6. The molecule has 1 fully saturated rings. The predicted octanol–water partition coefficient (Wildman–Crippen LogP) is 3.33. The van der Waals surface area contributed by atoms with Crippen molar-refractivity contribution in [1.82, 2.24) is 4.98 Å². The Morgan fingerprint density at radius 3 is 2.24 bits per heavy atom. The molecule has 21 heavy (non-hydrogen) atoms. The average molecular weight is 315 g/mol. The lowest BCUT2D eigenvalue weighted by atomic mass is 10.0. The van der Waals surface area contributed by atoms with Gasteiger partial charge >= 0.3 is 12.4 Å². The van der Waals surface area contributed by atoms with Crippen molar-refractivity contribution < 1.29 is 36.2 Å². The molecule has 3 nitrogen and oxygen atoms in total. The smallest absolute Gasteiger partial charge is 0.394 e. The maximum atomic E-state index is 12.9. The van der Waals surface area contributed by atoms with E-state index in [2.05, 4.69) is 4.98 Å². The van der Waals surface area contributed by atoms with Gasteiger partial charge in [-0.15, -0.1) is 0 Å².